The Morgan fingerprint density at radius 2 is 1.95 bits per heavy atom. The van der Waals surface area contributed by atoms with Crippen LogP contribution in [-0.2, 0) is 12.7 Å². The molecule has 0 saturated carbocycles. The van der Waals surface area contributed by atoms with Gasteiger partial charge in [0.05, 0.1) is 5.56 Å². The third-order valence-corrected chi connectivity index (χ3v) is 4.55. The Hall–Kier alpha value is -0.680. The van der Waals surface area contributed by atoms with Gasteiger partial charge in [-0.05, 0) is 30.2 Å². The molecular weight excluding hydrogens is 283 g/mol. The summed E-state index contributed by atoms with van der Waals surface area (Å²) in [6, 6.07) is 4.64. The summed E-state index contributed by atoms with van der Waals surface area (Å²) in [5, 5.41) is 3.05. The summed E-state index contributed by atoms with van der Waals surface area (Å²) in [6.45, 7) is 7.25. The zero-order valence-corrected chi connectivity index (χ0v) is 13.0. The predicted molar refractivity (Wildman–Crippen MR) is 79.0 cm³/mol. The molecule has 0 heterocycles. The van der Waals surface area contributed by atoms with Gasteiger partial charge in [0.2, 0.25) is 0 Å². The van der Waals surface area contributed by atoms with Crippen LogP contribution < -0.4 is 5.32 Å². The topological polar surface area (TPSA) is 12.0 Å². The Bertz CT molecular complexity index is 418. The van der Waals surface area contributed by atoms with E-state index in [0.717, 1.165) is 13.0 Å². The quantitative estimate of drug-likeness (QED) is 0.715. The Morgan fingerprint density at radius 3 is 2.50 bits per heavy atom. The normalized spacial score (nSPS) is 13.5. The van der Waals surface area contributed by atoms with Crippen molar-refractivity contribution in [2.75, 3.05) is 12.3 Å². The molecule has 1 rings (SSSR count). The monoisotopic (exact) mass is 305 g/mol. The van der Waals surface area contributed by atoms with E-state index < -0.39 is 11.7 Å². The van der Waals surface area contributed by atoms with Crippen LogP contribution in [0.2, 0.25) is 0 Å². The molecule has 1 aromatic rings. The fourth-order valence-electron chi connectivity index (χ4n) is 1.65. The van der Waals surface area contributed by atoms with Gasteiger partial charge in [0.1, 0.15) is 0 Å². The molecule has 5 heteroatoms. The first-order valence-corrected chi connectivity index (χ1v) is 7.90. The Morgan fingerprint density at radius 1 is 1.25 bits per heavy atom. The lowest BCUT2D eigenvalue weighted by molar-refractivity contribution is -0.139. The van der Waals surface area contributed by atoms with Gasteiger partial charge in [0.15, 0.2) is 0 Å². The molecule has 20 heavy (non-hydrogen) atoms. The van der Waals surface area contributed by atoms with E-state index in [4.69, 9.17) is 0 Å². The minimum Gasteiger partial charge on any atom is -0.313 e. The van der Waals surface area contributed by atoms with Crippen molar-refractivity contribution in [3.63, 3.8) is 0 Å². The number of benzene rings is 1. The first-order chi connectivity index (χ1) is 9.38. The molecule has 0 aromatic heterocycles. The van der Waals surface area contributed by atoms with Gasteiger partial charge >= 0.3 is 6.18 Å². The standard InChI is InChI=1S/C15H22F3NS/c1-4-11(3)10-20-14-7-6-12(9-19-5-2)8-13(14)15(16,17)18/h6-8,11,19H,4-5,9-10H2,1-3H3. The lowest BCUT2D eigenvalue weighted by atomic mass is 10.1. The van der Waals surface area contributed by atoms with Crippen molar-refractivity contribution in [2.24, 2.45) is 5.92 Å². The summed E-state index contributed by atoms with van der Waals surface area (Å²) in [5.74, 6) is 1.13. The van der Waals surface area contributed by atoms with Gasteiger partial charge in [-0.2, -0.15) is 13.2 Å². The van der Waals surface area contributed by atoms with Crippen molar-refractivity contribution >= 4 is 11.8 Å². The van der Waals surface area contributed by atoms with Crippen LogP contribution in [0.15, 0.2) is 23.1 Å². The van der Waals surface area contributed by atoms with Crippen molar-refractivity contribution < 1.29 is 13.2 Å². The largest absolute Gasteiger partial charge is 0.417 e. The number of thioether (sulfide) groups is 1. The van der Waals surface area contributed by atoms with Gasteiger partial charge < -0.3 is 5.32 Å². The average molecular weight is 305 g/mol. The van der Waals surface area contributed by atoms with Gasteiger partial charge in [-0.15, -0.1) is 11.8 Å². The van der Waals surface area contributed by atoms with Crippen molar-refractivity contribution in [1.82, 2.24) is 5.32 Å². The Balaban J connectivity index is 2.92. The summed E-state index contributed by atoms with van der Waals surface area (Å²) in [4.78, 5) is 0.332. The number of hydrogen-bond donors (Lipinski definition) is 1. The molecule has 1 atom stereocenters. The van der Waals surface area contributed by atoms with Gasteiger partial charge in [0, 0.05) is 17.2 Å². The molecule has 0 saturated heterocycles. The van der Waals surface area contributed by atoms with E-state index in [2.05, 4.69) is 19.2 Å². The number of nitrogens with one attached hydrogen (secondary N) is 1. The van der Waals surface area contributed by atoms with Crippen molar-refractivity contribution in [3.05, 3.63) is 29.3 Å². The molecule has 1 N–H and O–H groups in total. The predicted octanol–water partition coefficient (Wildman–Crippen LogP) is 4.95. The van der Waals surface area contributed by atoms with Crippen LogP contribution in [0.4, 0.5) is 13.2 Å². The molecule has 0 aliphatic rings. The molecule has 0 aliphatic carbocycles. The fraction of sp³-hybridized carbons (Fsp3) is 0.600. The van der Waals surface area contributed by atoms with Crippen LogP contribution in [-0.4, -0.2) is 12.3 Å². The van der Waals surface area contributed by atoms with Gasteiger partial charge in [-0.1, -0.05) is 33.3 Å². The van der Waals surface area contributed by atoms with Crippen LogP contribution in [0, 0.1) is 5.92 Å². The highest BCUT2D eigenvalue weighted by atomic mass is 32.2. The Kier molecular flexibility index (Phi) is 6.89. The fourth-order valence-corrected chi connectivity index (χ4v) is 2.85. The van der Waals surface area contributed by atoms with Crippen LogP contribution >= 0.6 is 11.8 Å². The zero-order chi connectivity index (χ0) is 15.2. The summed E-state index contributed by atoms with van der Waals surface area (Å²) < 4.78 is 39.4. The Labute approximate surface area is 123 Å². The van der Waals surface area contributed by atoms with Gasteiger partial charge in [-0.3, -0.25) is 0 Å². The minimum absolute atomic E-state index is 0.332. The second-order valence-electron chi connectivity index (χ2n) is 4.93. The molecule has 0 amide bonds. The van der Waals surface area contributed by atoms with E-state index in [-0.39, 0.29) is 0 Å². The molecule has 1 nitrogen and oxygen atoms in total. The van der Waals surface area contributed by atoms with Crippen LogP contribution in [0.3, 0.4) is 0 Å². The first-order valence-electron chi connectivity index (χ1n) is 6.92. The molecule has 0 radical (unpaired) electrons. The molecule has 0 aliphatic heterocycles. The number of halogens is 3. The highest BCUT2D eigenvalue weighted by Gasteiger charge is 2.33. The number of alkyl halides is 3. The van der Waals surface area contributed by atoms with Gasteiger partial charge in [-0.25, -0.2) is 0 Å². The maximum Gasteiger partial charge on any atom is 0.417 e. The van der Waals surface area contributed by atoms with Crippen molar-refractivity contribution in [1.29, 1.82) is 0 Å². The summed E-state index contributed by atoms with van der Waals surface area (Å²) in [7, 11) is 0. The van der Waals surface area contributed by atoms with E-state index >= 15 is 0 Å². The van der Waals surface area contributed by atoms with Crippen molar-refractivity contribution in [3.8, 4) is 0 Å². The summed E-state index contributed by atoms with van der Waals surface area (Å²) >= 11 is 1.30. The lowest BCUT2D eigenvalue weighted by Gasteiger charge is -2.16. The van der Waals surface area contributed by atoms with E-state index in [9.17, 15) is 13.2 Å². The second kappa shape index (κ2) is 7.93. The maximum atomic E-state index is 13.1. The first kappa shape index (κ1) is 17.4. The number of rotatable bonds is 7. The summed E-state index contributed by atoms with van der Waals surface area (Å²) in [6.07, 6.45) is -3.31. The lowest BCUT2D eigenvalue weighted by Crippen LogP contribution is -2.14. The van der Waals surface area contributed by atoms with E-state index in [1.54, 1.807) is 12.1 Å². The molecule has 1 unspecified atom stereocenters. The minimum atomic E-state index is -4.29. The third-order valence-electron chi connectivity index (χ3n) is 3.15. The van der Waals surface area contributed by atoms with Gasteiger partial charge in [0.25, 0.3) is 0 Å². The third kappa shape index (κ3) is 5.37. The molecule has 0 bridgehead atoms. The van der Waals surface area contributed by atoms with Crippen LogP contribution in [0.5, 0.6) is 0 Å². The van der Waals surface area contributed by atoms with Crippen molar-refractivity contribution in [2.45, 2.75) is 44.8 Å². The zero-order valence-electron chi connectivity index (χ0n) is 12.2. The SMILES string of the molecule is CCNCc1ccc(SCC(C)CC)c(C(F)(F)F)c1. The highest BCUT2D eigenvalue weighted by Crippen LogP contribution is 2.38. The highest BCUT2D eigenvalue weighted by molar-refractivity contribution is 7.99. The average Bonchev–Trinajstić information content (AvgIpc) is 2.41. The molecule has 0 fully saturated rings. The molecular formula is C15H22F3NS. The molecule has 114 valence electrons. The maximum absolute atomic E-state index is 13.1. The second-order valence-corrected chi connectivity index (χ2v) is 5.99. The summed E-state index contributed by atoms with van der Waals surface area (Å²) in [5.41, 5.74) is 0.160. The van der Waals surface area contributed by atoms with Crippen LogP contribution in [0.25, 0.3) is 0 Å². The van der Waals surface area contributed by atoms with E-state index in [1.807, 2.05) is 6.92 Å². The van der Waals surface area contributed by atoms with E-state index in [1.165, 1.54) is 17.8 Å². The molecule has 1 aromatic carbocycles. The van der Waals surface area contributed by atoms with E-state index in [0.29, 0.717) is 28.7 Å². The molecule has 0 spiro atoms. The van der Waals surface area contributed by atoms with Crippen LogP contribution in [0.1, 0.15) is 38.3 Å². The number of hydrogen-bond acceptors (Lipinski definition) is 2. The smallest absolute Gasteiger partial charge is 0.313 e.